The third kappa shape index (κ3) is 2.20. The van der Waals surface area contributed by atoms with Crippen LogP contribution in [0.5, 0.6) is 0 Å². The fourth-order valence-corrected chi connectivity index (χ4v) is 1.66. The molecule has 0 amide bonds. The van der Waals surface area contributed by atoms with E-state index >= 15 is 0 Å². The van der Waals surface area contributed by atoms with Crippen molar-refractivity contribution < 1.29 is 9.53 Å². The van der Waals surface area contributed by atoms with E-state index in [0.29, 0.717) is 6.61 Å². The SMILES string of the molecule is C=C(C)C1CCC=C1C(=O)OCC. The van der Waals surface area contributed by atoms with Gasteiger partial charge in [0.2, 0.25) is 0 Å². The Balaban J connectivity index is 2.68. The number of carbonyl (C=O) groups is 1. The molecule has 0 heterocycles. The van der Waals surface area contributed by atoms with Crippen LogP contribution in [0.4, 0.5) is 0 Å². The molecule has 0 N–H and O–H groups in total. The first kappa shape index (κ1) is 10.0. The van der Waals surface area contributed by atoms with E-state index in [2.05, 4.69) is 6.58 Å². The average Bonchev–Trinajstić information content (AvgIpc) is 2.52. The Morgan fingerprint density at radius 2 is 2.46 bits per heavy atom. The molecule has 1 unspecified atom stereocenters. The molecule has 0 spiro atoms. The predicted octanol–water partition coefficient (Wildman–Crippen LogP) is 2.46. The summed E-state index contributed by atoms with van der Waals surface area (Å²) in [6.07, 6.45) is 3.94. The van der Waals surface area contributed by atoms with Gasteiger partial charge in [-0.05, 0) is 26.7 Å². The van der Waals surface area contributed by atoms with Crippen LogP contribution in [0.15, 0.2) is 23.8 Å². The number of hydrogen-bond acceptors (Lipinski definition) is 2. The van der Waals surface area contributed by atoms with Crippen molar-refractivity contribution in [3.63, 3.8) is 0 Å². The largest absolute Gasteiger partial charge is 0.463 e. The molecule has 72 valence electrons. The molecule has 2 heteroatoms. The first-order valence-electron chi connectivity index (χ1n) is 4.69. The second-order valence-corrected chi connectivity index (χ2v) is 3.36. The van der Waals surface area contributed by atoms with Crippen LogP contribution in [0.1, 0.15) is 26.7 Å². The fourth-order valence-electron chi connectivity index (χ4n) is 1.66. The second-order valence-electron chi connectivity index (χ2n) is 3.36. The van der Waals surface area contributed by atoms with E-state index in [1.165, 1.54) is 0 Å². The van der Waals surface area contributed by atoms with Crippen LogP contribution >= 0.6 is 0 Å². The number of allylic oxidation sites excluding steroid dienone is 2. The molecule has 2 nitrogen and oxygen atoms in total. The molecule has 1 rings (SSSR count). The van der Waals surface area contributed by atoms with Gasteiger partial charge in [0.05, 0.1) is 6.61 Å². The normalized spacial score (nSPS) is 21.1. The highest BCUT2D eigenvalue weighted by molar-refractivity contribution is 5.90. The van der Waals surface area contributed by atoms with Gasteiger partial charge in [0.1, 0.15) is 0 Å². The molecular formula is C11H16O2. The maximum absolute atomic E-state index is 11.4. The zero-order valence-electron chi connectivity index (χ0n) is 8.30. The minimum atomic E-state index is -0.173. The van der Waals surface area contributed by atoms with Gasteiger partial charge in [-0.3, -0.25) is 0 Å². The third-order valence-electron chi connectivity index (χ3n) is 2.30. The summed E-state index contributed by atoms with van der Waals surface area (Å²) in [6.45, 7) is 8.11. The lowest BCUT2D eigenvalue weighted by molar-refractivity contribution is -0.138. The lowest BCUT2D eigenvalue weighted by Crippen LogP contribution is -2.13. The van der Waals surface area contributed by atoms with Crippen LogP contribution in [-0.2, 0) is 9.53 Å². The van der Waals surface area contributed by atoms with E-state index in [1.54, 1.807) is 0 Å². The van der Waals surface area contributed by atoms with E-state index in [4.69, 9.17) is 4.74 Å². The molecule has 1 atom stereocenters. The molecule has 0 saturated heterocycles. The van der Waals surface area contributed by atoms with Gasteiger partial charge < -0.3 is 4.74 Å². The highest BCUT2D eigenvalue weighted by atomic mass is 16.5. The Morgan fingerprint density at radius 1 is 1.77 bits per heavy atom. The van der Waals surface area contributed by atoms with E-state index in [1.807, 2.05) is 19.9 Å². The van der Waals surface area contributed by atoms with E-state index in [9.17, 15) is 4.79 Å². The molecule has 0 aromatic heterocycles. The Kier molecular flexibility index (Phi) is 3.29. The van der Waals surface area contributed by atoms with Crippen LogP contribution in [0.25, 0.3) is 0 Å². The molecule has 0 fully saturated rings. The molecule has 0 radical (unpaired) electrons. The molecule has 0 aliphatic heterocycles. The van der Waals surface area contributed by atoms with Gasteiger partial charge >= 0.3 is 5.97 Å². The smallest absolute Gasteiger partial charge is 0.334 e. The van der Waals surface area contributed by atoms with E-state index in [0.717, 1.165) is 24.0 Å². The quantitative estimate of drug-likeness (QED) is 0.492. The van der Waals surface area contributed by atoms with Gasteiger partial charge in [0.15, 0.2) is 0 Å². The number of esters is 1. The molecule has 1 aliphatic rings. The lowest BCUT2D eigenvalue weighted by atomic mass is 9.95. The predicted molar refractivity (Wildman–Crippen MR) is 52.3 cm³/mol. The minimum absolute atomic E-state index is 0.173. The number of rotatable bonds is 3. The molecule has 1 aliphatic carbocycles. The van der Waals surface area contributed by atoms with Crippen molar-refractivity contribution in [1.29, 1.82) is 0 Å². The van der Waals surface area contributed by atoms with E-state index < -0.39 is 0 Å². The first-order valence-corrected chi connectivity index (χ1v) is 4.69. The van der Waals surface area contributed by atoms with Crippen molar-refractivity contribution in [3.8, 4) is 0 Å². The van der Waals surface area contributed by atoms with Crippen LogP contribution in [0.2, 0.25) is 0 Å². The van der Waals surface area contributed by atoms with Gasteiger partial charge in [0.25, 0.3) is 0 Å². The first-order chi connectivity index (χ1) is 6.16. The highest BCUT2D eigenvalue weighted by Crippen LogP contribution is 2.31. The molecule has 0 aromatic carbocycles. The Bertz CT molecular complexity index is 251. The van der Waals surface area contributed by atoms with Crippen molar-refractivity contribution in [1.82, 2.24) is 0 Å². The van der Waals surface area contributed by atoms with Crippen molar-refractivity contribution in [2.24, 2.45) is 5.92 Å². The van der Waals surface area contributed by atoms with Crippen molar-refractivity contribution >= 4 is 5.97 Å². The lowest BCUT2D eigenvalue weighted by Gasteiger charge is -2.13. The van der Waals surface area contributed by atoms with Gasteiger partial charge in [0, 0.05) is 11.5 Å². The average molecular weight is 180 g/mol. The molecular weight excluding hydrogens is 164 g/mol. The van der Waals surface area contributed by atoms with Gasteiger partial charge in [-0.2, -0.15) is 0 Å². The Hall–Kier alpha value is -1.05. The maximum atomic E-state index is 11.4. The zero-order valence-corrected chi connectivity index (χ0v) is 8.30. The summed E-state index contributed by atoms with van der Waals surface area (Å²) < 4.78 is 4.96. The molecule has 13 heavy (non-hydrogen) atoms. The topological polar surface area (TPSA) is 26.3 Å². The van der Waals surface area contributed by atoms with Crippen LogP contribution < -0.4 is 0 Å². The van der Waals surface area contributed by atoms with Crippen LogP contribution in [-0.4, -0.2) is 12.6 Å². The summed E-state index contributed by atoms with van der Waals surface area (Å²) >= 11 is 0. The zero-order chi connectivity index (χ0) is 9.84. The van der Waals surface area contributed by atoms with Crippen molar-refractivity contribution in [3.05, 3.63) is 23.8 Å². The third-order valence-corrected chi connectivity index (χ3v) is 2.30. The van der Waals surface area contributed by atoms with E-state index in [-0.39, 0.29) is 11.9 Å². The standard InChI is InChI=1S/C11H16O2/c1-4-13-11(12)10-7-5-6-9(10)8(2)3/h7,9H,2,4-6H2,1,3H3. The number of ether oxygens (including phenoxy) is 1. The van der Waals surface area contributed by atoms with Gasteiger partial charge in [-0.1, -0.05) is 18.2 Å². The van der Waals surface area contributed by atoms with Gasteiger partial charge in [-0.15, -0.1) is 0 Å². The van der Waals surface area contributed by atoms with Crippen LogP contribution in [0.3, 0.4) is 0 Å². The molecule has 0 bridgehead atoms. The highest BCUT2D eigenvalue weighted by Gasteiger charge is 2.25. The van der Waals surface area contributed by atoms with Crippen LogP contribution in [0, 0.1) is 5.92 Å². The molecule has 0 aromatic rings. The molecule has 0 saturated carbocycles. The monoisotopic (exact) mass is 180 g/mol. The second kappa shape index (κ2) is 4.26. The summed E-state index contributed by atoms with van der Waals surface area (Å²) in [5, 5.41) is 0. The fraction of sp³-hybridized carbons (Fsp3) is 0.545. The Labute approximate surface area is 79.3 Å². The maximum Gasteiger partial charge on any atom is 0.334 e. The summed E-state index contributed by atoms with van der Waals surface area (Å²) in [6, 6.07) is 0. The summed E-state index contributed by atoms with van der Waals surface area (Å²) in [5.74, 6) is 0.0482. The summed E-state index contributed by atoms with van der Waals surface area (Å²) in [4.78, 5) is 11.4. The Morgan fingerprint density at radius 3 is 3.00 bits per heavy atom. The minimum Gasteiger partial charge on any atom is -0.463 e. The number of hydrogen-bond donors (Lipinski definition) is 0. The van der Waals surface area contributed by atoms with Gasteiger partial charge in [-0.25, -0.2) is 4.79 Å². The summed E-state index contributed by atoms with van der Waals surface area (Å²) in [7, 11) is 0. The summed E-state index contributed by atoms with van der Waals surface area (Å²) in [5.41, 5.74) is 1.85. The number of carbonyl (C=O) groups excluding carboxylic acids is 1. The van der Waals surface area contributed by atoms with Crippen molar-refractivity contribution in [2.45, 2.75) is 26.7 Å². The van der Waals surface area contributed by atoms with Crippen molar-refractivity contribution in [2.75, 3.05) is 6.61 Å².